The number of pyridine rings is 1. The van der Waals surface area contributed by atoms with E-state index in [-0.39, 0.29) is 5.91 Å². The van der Waals surface area contributed by atoms with Gasteiger partial charge in [0.15, 0.2) is 0 Å². The topological polar surface area (TPSA) is 74.8 Å². The van der Waals surface area contributed by atoms with Gasteiger partial charge in [0.25, 0.3) is 5.91 Å². The SMILES string of the molecule is CCOc1ccccc1NC(=O)c1ccc(N2CCN(C=O)CC2)nc1. The van der Waals surface area contributed by atoms with Gasteiger partial charge in [-0.3, -0.25) is 9.59 Å². The molecule has 136 valence electrons. The molecule has 1 saturated heterocycles. The number of ether oxygens (including phenoxy) is 1. The van der Waals surface area contributed by atoms with Crippen LogP contribution in [0.4, 0.5) is 11.5 Å². The average molecular weight is 354 g/mol. The van der Waals surface area contributed by atoms with Crippen molar-refractivity contribution in [2.45, 2.75) is 6.92 Å². The third kappa shape index (κ3) is 4.11. The monoisotopic (exact) mass is 354 g/mol. The number of piperazine rings is 1. The molecule has 7 nitrogen and oxygen atoms in total. The molecule has 2 aromatic rings. The quantitative estimate of drug-likeness (QED) is 0.803. The molecule has 0 spiro atoms. The van der Waals surface area contributed by atoms with E-state index < -0.39 is 0 Å². The molecule has 1 aliphatic rings. The van der Waals surface area contributed by atoms with E-state index in [1.54, 1.807) is 23.2 Å². The lowest BCUT2D eigenvalue weighted by Gasteiger charge is -2.33. The van der Waals surface area contributed by atoms with Crippen molar-refractivity contribution < 1.29 is 14.3 Å². The van der Waals surface area contributed by atoms with Crippen LogP contribution in [0.15, 0.2) is 42.6 Å². The van der Waals surface area contributed by atoms with Crippen molar-refractivity contribution in [1.82, 2.24) is 9.88 Å². The van der Waals surface area contributed by atoms with Gasteiger partial charge in [0, 0.05) is 32.4 Å². The Kier molecular flexibility index (Phi) is 5.68. The van der Waals surface area contributed by atoms with Crippen molar-refractivity contribution in [3.8, 4) is 5.75 Å². The minimum absolute atomic E-state index is 0.234. The number of hydrogen-bond acceptors (Lipinski definition) is 5. The number of nitrogens with zero attached hydrogens (tertiary/aromatic N) is 3. The second-order valence-electron chi connectivity index (χ2n) is 5.92. The zero-order chi connectivity index (χ0) is 18.4. The first-order valence-electron chi connectivity index (χ1n) is 8.64. The van der Waals surface area contributed by atoms with Crippen LogP contribution in [0.1, 0.15) is 17.3 Å². The van der Waals surface area contributed by atoms with E-state index >= 15 is 0 Å². The highest BCUT2D eigenvalue weighted by Crippen LogP contribution is 2.24. The highest BCUT2D eigenvalue weighted by Gasteiger charge is 2.17. The van der Waals surface area contributed by atoms with Gasteiger partial charge >= 0.3 is 0 Å². The number of aromatic nitrogens is 1. The van der Waals surface area contributed by atoms with Gasteiger partial charge in [0.1, 0.15) is 11.6 Å². The van der Waals surface area contributed by atoms with Gasteiger partial charge in [-0.15, -0.1) is 0 Å². The fourth-order valence-electron chi connectivity index (χ4n) is 2.81. The molecule has 0 bridgehead atoms. The number of amides is 2. The molecule has 0 aliphatic carbocycles. The third-order valence-electron chi connectivity index (χ3n) is 4.23. The first-order valence-corrected chi connectivity index (χ1v) is 8.64. The van der Waals surface area contributed by atoms with Crippen molar-refractivity contribution >= 4 is 23.8 Å². The van der Waals surface area contributed by atoms with Crippen LogP contribution in [0.2, 0.25) is 0 Å². The van der Waals surface area contributed by atoms with Crippen molar-refractivity contribution in [1.29, 1.82) is 0 Å². The van der Waals surface area contributed by atoms with Crippen LogP contribution in [-0.2, 0) is 4.79 Å². The van der Waals surface area contributed by atoms with E-state index in [9.17, 15) is 9.59 Å². The molecule has 2 heterocycles. The van der Waals surface area contributed by atoms with Crippen molar-refractivity contribution in [2.24, 2.45) is 0 Å². The Labute approximate surface area is 152 Å². The first-order chi connectivity index (χ1) is 12.7. The van der Waals surface area contributed by atoms with Crippen LogP contribution in [0.3, 0.4) is 0 Å². The second-order valence-corrected chi connectivity index (χ2v) is 5.92. The molecule has 1 aromatic carbocycles. The van der Waals surface area contributed by atoms with Crippen LogP contribution < -0.4 is 15.0 Å². The summed E-state index contributed by atoms with van der Waals surface area (Å²) in [6, 6.07) is 10.9. The normalized spacial score (nSPS) is 14.0. The number of hydrogen-bond donors (Lipinski definition) is 1. The van der Waals surface area contributed by atoms with Gasteiger partial charge in [-0.1, -0.05) is 12.1 Å². The summed E-state index contributed by atoms with van der Waals surface area (Å²) in [7, 11) is 0. The van der Waals surface area contributed by atoms with E-state index in [0.717, 1.165) is 25.3 Å². The lowest BCUT2D eigenvalue weighted by molar-refractivity contribution is -0.118. The van der Waals surface area contributed by atoms with Crippen LogP contribution in [-0.4, -0.2) is 55.0 Å². The Hall–Kier alpha value is -3.09. The molecule has 7 heteroatoms. The first kappa shape index (κ1) is 17.7. The maximum absolute atomic E-state index is 12.5. The van der Waals surface area contributed by atoms with E-state index in [1.165, 1.54) is 0 Å². The number of benzene rings is 1. The predicted octanol–water partition coefficient (Wildman–Crippen LogP) is 2.01. The zero-order valence-electron chi connectivity index (χ0n) is 14.7. The number of para-hydroxylation sites is 2. The van der Waals surface area contributed by atoms with Gasteiger partial charge in [-0.2, -0.15) is 0 Å². The van der Waals surface area contributed by atoms with Crippen molar-refractivity contribution in [2.75, 3.05) is 43.0 Å². The molecule has 1 N–H and O–H groups in total. The highest BCUT2D eigenvalue weighted by atomic mass is 16.5. The van der Waals surface area contributed by atoms with Gasteiger partial charge in [-0.25, -0.2) is 4.98 Å². The molecule has 0 atom stereocenters. The van der Waals surface area contributed by atoms with E-state index in [1.807, 2.05) is 31.2 Å². The third-order valence-corrected chi connectivity index (χ3v) is 4.23. The molecule has 1 aromatic heterocycles. The molecule has 2 amide bonds. The summed E-state index contributed by atoms with van der Waals surface area (Å²) in [6.07, 6.45) is 2.44. The van der Waals surface area contributed by atoms with Crippen molar-refractivity contribution in [3.05, 3.63) is 48.2 Å². The molecule has 3 rings (SSSR count). The maximum Gasteiger partial charge on any atom is 0.257 e. The Morgan fingerprint density at radius 3 is 2.62 bits per heavy atom. The fraction of sp³-hybridized carbons (Fsp3) is 0.316. The van der Waals surface area contributed by atoms with E-state index in [4.69, 9.17) is 4.74 Å². The Balaban J connectivity index is 1.65. The average Bonchev–Trinajstić information content (AvgIpc) is 2.70. The highest BCUT2D eigenvalue weighted by molar-refractivity contribution is 6.04. The van der Waals surface area contributed by atoms with Crippen LogP contribution in [0.25, 0.3) is 0 Å². The largest absolute Gasteiger partial charge is 0.492 e. The molecule has 1 fully saturated rings. The molecular weight excluding hydrogens is 332 g/mol. The lowest BCUT2D eigenvalue weighted by atomic mass is 10.2. The summed E-state index contributed by atoms with van der Waals surface area (Å²) in [5, 5.41) is 2.86. The summed E-state index contributed by atoms with van der Waals surface area (Å²) in [5.74, 6) is 1.21. The molecular formula is C19H22N4O3. The summed E-state index contributed by atoms with van der Waals surface area (Å²) < 4.78 is 5.52. The number of carbonyl (C=O) groups excluding carboxylic acids is 2. The van der Waals surface area contributed by atoms with Crippen molar-refractivity contribution in [3.63, 3.8) is 0 Å². The van der Waals surface area contributed by atoms with Gasteiger partial charge < -0.3 is 19.9 Å². The minimum Gasteiger partial charge on any atom is -0.492 e. The van der Waals surface area contributed by atoms with E-state index in [0.29, 0.717) is 36.7 Å². The standard InChI is InChI=1S/C19H22N4O3/c1-2-26-17-6-4-3-5-16(17)21-19(25)15-7-8-18(20-13-15)23-11-9-22(14-24)10-12-23/h3-8,13-14H,2,9-12H2,1H3,(H,21,25). The number of nitrogens with one attached hydrogen (secondary N) is 1. The summed E-state index contributed by atoms with van der Waals surface area (Å²) in [5.41, 5.74) is 1.11. The number of rotatable bonds is 6. The molecule has 1 aliphatic heterocycles. The van der Waals surface area contributed by atoms with Gasteiger partial charge in [0.05, 0.1) is 17.9 Å². The molecule has 0 saturated carbocycles. The fourth-order valence-corrected chi connectivity index (χ4v) is 2.81. The van der Waals surface area contributed by atoms with Gasteiger partial charge in [-0.05, 0) is 31.2 Å². The number of anilines is 2. The molecule has 26 heavy (non-hydrogen) atoms. The Morgan fingerprint density at radius 2 is 1.96 bits per heavy atom. The second kappa shape index (κ2) is 8.33. The van der Waals surface area contributed by atoms with E-state index in [2.05, 4.69) is 15.2 Å². The smallest absolute Gasteiger partial charge is 0.257 e. The molecule has 0 radical (unpaired) electrons. The maximum atomic E-state index is 12.5. The minimum atomic E-state index is -0.234. The van der Waals surface area contributed by atoms with Crippen LogP contribution in [0, 0.1) is 0 Å². The zero-order valence-corrected chi connectivity index (χ0v) is 14.7. The number of carbonyl (C=O) groups is 2. The van der Waals surface area contributed by atoms with Gasteiger partial charge in [0.2, 0.25) is 6.41 Å². The summed E-state index contributed by atoms with van der Waals surface area (Å²) in [6.45, 7) is 5.26. The Bertz CT molecular complexity index is 756. The summed E-state index contributed by atoms with van der Waals surface area (Å²) >= 11 is 0. The predicted molar refractivity (Wildman–Crippen MR) is 99.7 cm³/mol. The Morgan fingerprint density at radius 1 is 1.19 bits per heavy atom. The van der Waals surface area contributed by atoms with Crippen LogP contribution in [0.5, 0.6) is 5.75 Å². The molecule has 0 unspecified atom stereocenters. The summed E-state index contributed by atoms with van der Waals surface area (Å²) in [4.78, 5) is 31.5. The van der Waals surface area contributed by atoms with Crippen LogP contribution >= 0.6 is 0 Å². The lowest BCUT2D eigenvalue weighted by Crippen LogP contribution is -2.46.